The van der Waals surface area contributed by atoms with Gasteiger partial charge in [-0.3, -0.25) is 19.6 Å². The maximum absolute atomic E-state index is 11.6. The number of carbonyl (C=O) groups is 2. The van der Waals surface area contributed by atoms with Crippen LogP contribution in [-0.4, -0.2) is 34.9 Å². The fourth-order valence-corrected chi connectivity index (χ4v) is 1.71. The van der Waals surface area contributed by atoms with Crippen LogP contribution < -0.4 is 0 Å². The van der Waals surface area contributed by atoms with Gasteiger partial charge in [-0.15, -0.1) is 0 Å². The Bertz CT molecular complexity index is 206. The summed E-state index contributed by atoms with van der Waals surface area (Å²) in [6.07, 6.45) is 0.602. The van der Waals surface area contributed by atoms with Crippen LogP contribution in [0, 0.1) is 5.92 Å². The van der Waals surface area contributed by atoms with E-state index in [2.05, 4.69) is 0 Å². The van der Waals surface area contributed by atoms with Gasteiger partial charge in [-0.2, -0.15) is 0 Å². The number of carbonyl (C=O) groups excluding carboxylic acids is 2. The molecule has 1 heterocycles. The molecule has 0 saturated carbocycles. The third-order valence-corrected chi connectivity index (χ3v) is 2.40. The SMILES string of the molecule is CCC1C(=O)N(CC)N(CC)C1=O. The van der Waals surface area contributed by atoms with E-state index in [1.807, 2.05) is 20.8 Å². The van der Waals surface area contributed by atoms with Crippen LogP contribution in [-0.2, 0) is 9.59 Å². The molecule has 74 valence electrons. The molecule has 4 nitrogen and oxygen atoms in total. The molecule has 0 aliphatic carbocycles. The Morgan fingerprint density at radius 1 is 1.00 bits per heavy atom. The van der Waals surface area contributed by atoms with E-state index in [4.69, 9.17) is 0 Å². The second kappa shape index (κ2) is 3.77. The van der Waals surface area contributed by atoms with Gasteiger partial charge in [0.1, 0.15) is 5.92 Å². The lowest BCUT2D eigenvalue weighted by Crippen LogP contribution is -2.40. The summed E-state index contributed by atoms with van der Waals surface area (Å²) in [6.45, 7) is 6.79. The number of hydrogen-bond acceptors (Lipinski definition) is 2. The molecule has 1 saturated heterocycles. The van der Waals surface area contributed by atoms with Crippen molar-refractivity contribution in [2.45, 2.75) is 27.2 Å². The fourth-order valence-electron chi connectivity index (χ4n) is 1.71. The second-order valence-corrected chi connectivity index (χ2v) is 3.07. The van der Waals surface area contributed by atoms with Gasteiger partial charge in [0, 0.05) is 13.1 Å². The van der Waals surface area contributed by atoms with Gasteiger partial charge < -0.3 is 0 Å². The molecular formula is C9H16N2O2. The van der Waals surface area contributed by atoms with Gasteiger partial charge in [-0.1, -0.05) is 6.92 Å². The first-order valence-electron chi connectivity index (χ1n) is 4.79. The highest BCUT2D eigenvalue weighted by atomic mass is 16.2. The lowest BCUT2D eigenvalue weighted by molar-refractivity contribution is -0.145. The van der Waals surface area contributed by atoms with Gasteiger partial charge in [0.15, 0.2) is 0 Å². The van der Waals surface area contributed by atoms with Crippen LogP contribution >= 0.6 is 0 Å². The number of amides is 2. The summed E-state index contributed by atoms with van der Waals surface area (Å²) in [5.74, 6) is -0.520. The van der Waals surface area contributed by atoms with Crippen LogP contribution in [0.25, 0.3) is 0 Å². The van der Waals surface area contributed by atoms with Crippen molar-refractivity contribution in [1.29, 1.82) is 0 Å². The van der Waals surface area contributed by atoms with E-state index in [0.717, 1.165) is 0 Å². The third kappa shape index (κ3) is 1.41. The van der Waals surface area contributed by atoms with Crippen LogP contribution in [0.15, 0.2) is 0 Å². The largest absolute Gasteiger partial charge is 0.272 e. The molecule has 4 heteroatoms. The predicted octanol–water partition coefficient (Wildman–Crippen LogP) is 0.638. The van der Waals surface area contributed by atoms with E-state index in [9.17, 15) is 9.59 Å². The van der Waals surface area contributed by atoms with E-state index in [1.54, 1.807) is 0 Å². The molecule has 1 aliphatic heterocycles. The molecule has 0 unspecified atom stereocenters. The quantitative estimate of drug-likeness (QED) is 0.604. The Morgan fingerprint density at radius 3 is 1.62 bits per heavy atom. The first-order valence-corrected chi connectivity index (χ1v) is 4.79. The van der Waals surface area contributed by atoms with Gasteiger partial charge in [0.25, 0.3) is 11.8 Å². The molecule has 0 bridgehead atoms. The van der Waals surface area contributed by atoms with Crippen LogP contribution in [0.3, 0.4) is 0 Å². The van der Waals surface area contributed by atoms with Gasteiger partial charge >= 0.3 is 0 Å². The predicted molar refractivity (Wildman–Crippen MR) is 48.6 cm³/mol. The van der Waals surface area contributed by atoms with E-state index in [-0.39, 0.29) is 11.8 Å². The molecule has 1 fully saturated rings. The minimum absolute atomic E-state index is 0.0446. The summed E-state index contributed by atoms with van der Waals surface area (Å²) in [5.41, 5.74) is 0. The van der Waals surface area contributed by atoms with Crippen LogP contribution in [0.2, 0.25) is 0 Å². The lowest BCUT2D eigenvalue weighted by Gasteiger charge is -2.24. The van der Waals surface area contributed by atoms with Crippen LogP contribution in [0.4, 0.5) is 0 Å². The smallest absolute Gasteiger partial charge is 0.253 e. The van der Waals surface area contributed by atoms with Crippen molar-refractivity contribution in [1.82, 2.24) is 10.0 Å². The minimum Gasteiger partial charge on any atom is -0.272 e. The standard InChI is InChI=1S/C9H16N2O2/c1-4-7-8(12)10(5-2)11(6-3)9(7)13/h7H,4-6H2,1-3H3. The molecule has 0 aromatic carbocycles. The van der Waals surface area contributed by atoms with Gasteiger partial charge in [-0.05, 0) is 20.3 Å². The highest BCUT2D eigenvalue weighted by Crippen LogP contribution is 2.21. The molecule has 0 radical (unpaired) electrons. The van der Waals surface area contributed by atoms with Gasteiger partial charge in [0.05, 0.1) is 0 Å². The van der Waals surface area contributed by atoms with Crippen molar-refractivity contribution in [3.63, 3.8) is 0 Å². The average molecular weight is 184 g/mol. The molecule has 0 spiro atoms. The van der Waals surface area contributed by atoms with E-state index in [1.165, 1.54) is 10.0 Å². The summed E-state index contributed by atoms with van der Waals surface area (Å²) in [6, 6.07) is 0. The summed E-state index contributed by atoms with van der Waals surface area (Å²) < 4.78 is 0. The maximum Gasteiger partial charge on any atom is 0.253 e. The van der Waals surface area contributed by atoms with Crippen LogP contribution in [0.5, 0.6) is 0 Å². The Balaban J connectivity index is 2.88. The van der Waals surface area contributed by atoms with Gasteiger partial charge in [-0.25, -0.2) is 0 Å². The summed E-state index contributed by atoms with van der Waals surface area (Å²) in [7, 11) is 0. The van der Waals surface area contributed by atoms with Crippen molar-refractivity contribution < 1.29 is 9.59 Å². The molecular weight excluding hydrogens is 168 g/mol. The first-order chi connectivity index (χ1) is 6.17. The summed E-state index contributed by atoms with van der Waals surface area (Å²) in [4.78, 5) is 23.2. The zero-order valence-corrected chi connectivity index (χ0v) is 8.41. The van der Waals surface area contributed by atoms with Crippen molar-refractivity contribution >= 4 is 11.8 Å². The minimum atomic E-state index is -0.431. The normalized spacial score (nSPS) is 19.0. The highest BCUT2D eigenvalue weighted by molar-refractivity contribution is 6.05. The van der Waals surface area contributed by atoms with Crippen molar-refractivity contribution in [3.05, 3.63) is 0 Å². The molecule has 1 rings (SSSR count). The van der Waals surface area contributed by atoms with E-state index >= 15 is 0 Å². The lowest BCUT2D eigenvalue weighted by atomic mass is 10.1. The molecule has 1 aliphatic rings. The third-order valence-electron chi connectivity index (χ3n) is 2.40. The molecule has 0 N–H and O–H groups in total. The monoisotopic (exact) mass is 184 g/mol. The fraction of sp³-hybridized carbons (Fsp3) is 0.778. The highest BCUT2D eigenvalue weighted by Gasteiger charge is 2.42. The number of rotatable bonds is 3. The summed E-state index contributed by atoms with van der Waals surface area (Å²) in [5, 5.41) is 3.08. The zero-order chi connectivity index (χ0) is 10.0. The first kappa shape index (κ1) is 10.0. The van der Waals surface area contributed by atoms with Crippen molar-refractivity contribution in [3.8, 4) is 0 Å². The van der Waals surface area contributed by atoms with E-state index in [0.29, 0.717) is 19.5 Å². The topological polar surface area (TPSA) is 40.6 Å². The summed E-state index contributed by atoms with van der Waals surface area (Å²) >= 11 is 0. The molecule has 13 heavy (non-hydrogen) atoms. The average Bonchev–Trinajstić information content (AvgIpc) is 2.36. The van der Waals surface area contributed by atoms with Crippen molar-refractivity contribution in [2.75, 3.05) is 13.1 Å². The Morgan fingerprint density at radius 2 is 1.38 bits per heavy atom. The van der Waals surface area contributed by atoms with Crippen molar-refractivity contribution in [2.24, 2.45) is 5.92 Å². The maximum atomic E-state index is 11.6. The second-order valence-electron chi connectivity index (χ2n) is 3.07. The zero-order valence-electron chi connectivity index (χ0n) is 8.41. The molecule has 0 atom stereocenters. The Labute approximate surface area is 78.5 Å². The van der Waals surface area contributed by atoms with Gasteiger partial charge in [0.2, 0.25) is 0 Å². The number of nitrogens with zero attached hydrogens (tertiary/aromatic N) is 2. The Hall–Kier alpha value is -1.06. The molecule has 0 aromatic rings. The molecule has 2 amide bonds. The van der Waals surface area contributed by atoms with E-state index < -0.39 is 5.92 Å². The number of hydrazine groups is 1. The molecule has 0 aromatic heterocycles. The number of hydrogen-bond donors (Lipinski definition) is 0. The van der Waals surface area contributed by atoms with Crippen LogP contribution in [0.1, 0.15) is 27.2 Å². The Kier molecular flexibility index (Phi) is 2.90.